The maximum absolute atomic E-state index is 13.2. The fourth-order valence-corrected chi connectivity index (χ4v) is 5.41. The van der Waals surface area contributed by atoms with Crippen molar-refractivity contribution in [3.8, 4) is 45.7 Å². The van der Waals surface area contributed by atoms with Gasteiger partial charge < -0.3 is 30.1 Å². The number of carbonyl (C=O) groups is 2. The topological polar surface area (TPSA) is 173 Å². The molecule has 270 valence electrons. The Morgan fingerprint density at radius 3 is 2.17 bits per heavy atom. The highest BCUT2D eigenvalue weighted by Gasteiger charge is 2.23. The predicted molar refractivity (Wildman–Crippen MR) is 199 cm³/mol. The largest absolute Gasteiger partial charge is 0.457 e. The number of amides is 2. The van der Waals surface area contributed by atoms with Crippen LogP contribution in [0.15, 0.2) is 120 Å². The van der Waals surface area contributed by atoms with Crippen LogP contribution in [0.1, 0.15) is 48.7 Å². The smallest absolute Gasteiger partial charge is 0.261 e. The van der Waals surface area contributed by atoms with Crippen LogP contribution in [0.5, 0.6) is 11.5 Å². The number of aliphatic hydroxyl groups is 2. The Bertz CT molecular complexity index is 2130. The number of rotatable bonds is 13. The molecule has 12 nitrogen and oxygen atoms in total. The van der Waals surface area contributed by atoms with E-state index in [4.69, 9.17) is 9.26 Å². The van der Waals surface area contributed by atoms with Gasteiger partial charge in [0, 0.05) is 48.5 Å². The van der Waals surface area contributed by atoms with Gasteiger partial charge in [-0.2, -0.15) is 4.98 Å². The highest BCUT2D eigenvalue weighted by Crippen LogP contribution is 2.28. The van der Waals surface area contributed by atoms with Gasteiger partial charge in [-0.15, -0.1) is 0 Å². The quantitative estimate of drug-likeness (QED) is 0.102. The second-order valence-electron chi connectivity index (χ2n) is 13.5. The molecule has 6 aromatic rings. The summed E-state index contributed by atoms with van der Waals surface area (Å²) in [5.41, 5.74) is 4.24. The Kier molecular flexibility index (Phi) is 11.3. The van der Waals surface area contributed by atoms with Crippen LogP contribution in [0.3, 0.4) is 0 Å². The lowest BCUT2D eigenvalue weighted by atomic mass is 9.86. The molecule has 0 aliphatic carbocycles. The molecule has 0 bridgehead atoms. The molecular weight excluding hydrogens is 672 g/mol. The van der Waals surface area contributed by atoms with Gasteiger partial charge in [-0.1, -0.05) is 92.7 Å². The summed E-state index contributed by atoms with van der Waals surface area (Å²) in [7, 11) is 0. The van der Waals surface area contributed by atoms with Crippen LogP contribution in [0.25, 0.3) is 34.2 Å². The first-order valence-electron chi connectivity index (χ1n) is 17.2. The lowest BCUT2D eigenvalue weighted by Gasteiger charge is -2.21. The van der Waals surface area contributed by atoms with Gasteiger partial charge in [0.15, 0.2) is 12.1 Å². The number of nitrogens with one attached hydrogen (secondary N) is 2. The van der Waals surface area contributed by atoms with E-state index in [-0.39, 0.29) is 30.7 Å². The van der Waals surface area contributed by atoms with E-state index in [1.807, 2.05) is 91.0 Å². The third-order valence-corrected chi connectivity index (χ3v) is 8.38. The molecule has 0 unspecified atom stereocenters. The number of aromatic nitrogens is 4. The molecule has 4 aromatic carbocycles. The highest BCUT2D eigenvalue weighted by molar-refractivity contribution is 5.97. The lowest BCUT2D eigenvalue weighted by Crippen LogP contribution is -2.48. The number of benzene rings is 4. The van der Waals surface area contributed by atoms with E-state index in [2.05, 4.69) is 51.5 Å². The average molecular weight is 713 g/mol. The third-order valence-electron chi connectivity index (χ3n) is 8.38. The molecule has 0 spiro atoms. The monoisotopic (exact) mass is 712 g/mol. The van der Waals surface area contributed by atoms with E-state index in [0.717, 1.165) is 28.0 Å². The number of para-hydroxylation sites is 1. The Hall–Kier alpha value is -6.24. The van der Waals surface area contributed by atoms with Crippen molar-refractivity contribution in [1.82, 2.24) is 30.7 Å². The Morgan fingerprint density at radius 1 is 0.792 bits per heavy atom. The average Bonchev–Trinajstić information content (AvgIpc) is 3.66. The molecule has 12 heteroatoms. The number of nitrogens with zero attached hydrogens (tertiary/aromatic N) is 4. The van der Waals surface area contributed by atoms with Gasteiger partial charge in [-0.3, -0.25) is 9.59 Å². The van der Waals surface area contributed by atoms with Gasteiger partial charge in [0.1, 0.15) is 17.5 Å². The standard InChI is InChI=1S/C41H40N6O6/c1-41(2,3)31-18-16-28(17-19-31)38(50)45-34(39(51)42-21-20-35(48)49)22-26-12-14-27(15-13-26)36-43-24-30(25-44-36)40-46-37(47-53-40)29-8-7-11-33(23-29)52-32-9-5-4-6-10-32/h4-19,23-25,34-35,48-49H,20-22H2,1-3H3,(H,42,51)(H,45,50)/t34-/m0/s1. The van der Waals surface area contributed by atoms with Gasteiger partial charge in [0.25, 0.3) is 11.8 Å². The summed E-state index contributed by atoms with van der Waals surface area (Å²) in [6.07, 6.45) is 1.81. The van der Waals surface area contributed by atoms with Gasteiger partial charge >= 0.3 is 0 Å². The fourth-order valence-electron chi connectivity index (χ4n) is 5.41. The lowest BCUT2D eigenvalue weighted by molar-refractivity contribution is -0.123. The number of aliphatic hydroxyl groups excluding tert-OH is 1. The SMILES string of the molecule is CC(C)(C)c1ccc(C(=O)N[C@@H](Cc2ccc(-c3ncc(-c4nc(-c5cccc(Oc6ccccc6)c5)no4)cn3)cc2)C(=O)NCCC(O)O)cc1. The Morgan fingerprint density at radius 2 is 1.49 bits per heavy atom. The number of hydrogen-bond acceptors (Lipinski definition) is 10. The Balaban J connectivity index is 1.11. The molecule has 0 saturated carbocycles. The van der Waals surface area contributed by atoms with Gasteiger partial charge in [-0.25, -0.2) is 9.97 Å². The van der Waals surface area contributed by atoms with E-state index in [1.165, 1.54) is 0 Å². The van der Waals surface area contributed by atoms with Crippen molar-refractivity contribution in [3.63, 3.8) is 0 Å². The molecule has 2 aromatic heterocycles. The van der Waals surface area contributed by atoms with E-state index in [9.17, 15) is 19.8 Å². The van der Waals surface area contributed by atoms with E-state index >= 15 is 0 Å². The maximum atomic E-state index is 13.2. The minimum Gasteiger partial charge on any atom is -0.457 e. The highest BCUT2D eigenvalue weighted by atomic mass is 16.5. The Labute approximate surface area is 306 Å². The van der Waals surface area contributed by atoms with Crippen LogP contribution in [-0.4, -0.2) is 61.0 Å². The zero-order valence-corrected chi connectivity index (χ0v) is 29.6. The van der Waals surface area contributed by atoms with Crippen molar-refractivity contribution in [2.24, 2.45) is 0 Å². The predicted octanol–water partition coefficient (Wildman–Crippen LogP) is 6.11. The van der Waals surface area contributed by atoms with Crippen molar-refractivity contribution in [2.45, 2.75) is 51.4 Å². The molecular formula is C41H40N6O6. The molecule has 0 radical (unpaired) electrons. The van der Waals surface area contributed by atoms with Gasteiger partial charge in [0.2, 0.25) is 11.7 Å². The molecule has 0 aliphatic rings. The van der Waals surface area contributed by atoms with Crippen LogP contribution in [-0.2, 0) is 16.6 Å². The molecule has 53 heavy (non-hydrogen) atoms. The van der Waals surface area contributed by atoms with Crippen molar-refractivity contribution in [1.29, 1.82) is 0 Å². The van der Waals surface area contributed by atoms with Crippen molar-refractivity contribution < 1.29 is 29.1 Å². The van der Waals surface area contributed by atoms with Crippen molar-refractivity contribution in [3.05, 3.63) is 132 Å². The van der Waals surface area contributed by atoms with Gasteiger partial charge in [-0.05, 0) is 52.9 Å². The second-order valence-corrected chi connectivity index (χ2v) is 13.5. The normalized spacial score (nSPS) is 12.0. The van der Waals surface area contributed by atoms with Crippen LogP contribution in [0.2, 0.25) is 0 Å². The summed E-state index contributed by atoms with van der Waals surface area (Å²) in [5, 5.41) is 28.1. The second kappa shape index (κ2) is 16.4. The summed E-state index contributed by atoms with van der Waals surface area (Å²) >= 11 is 0. The molecule has 1 atom stereocenters. The van der Waals surface area contributed by atoms with Crippen LogP contribution in [0, 0.1) is 0 Å². The zero-order chi connectivity index (χ0) is 37.4. The number of ether oxygens (including phenoxy) is 1. The first-order chi connectivity index (χ1) is 25.5. The molecule has 4 N–H and O–H groups in total. The van der Waals surface area contributed by atoms with Gasteiger partial charge in [0.05, 0.1) is 5.56 Å². The van der Waals surface area contributed by atoms with Crippen LogP contribution >= 0.6 is 0 Å². The number of hydrogen-bond donors (Lipinski definition) is 4. The molecule has 0 aliphatic heterocycles. The summed E-state index contributed by atoms with van der Waals surface area (Å²) in [6.45, 7) is 6.31. The minimum absolute atomic E-state index is 0.0389. The van der Waals surface area contributed by atoms with Crippen LogP contribution < -0.4 is 15.4 Å². The fraction of sp³-hybridized carbons (Fsp3) is 0.220. The summed E-state index contributed by atoms with van der Waals surface area (Å²) < 4.78 is 11.5. The van der Waals surface area contributed by atoms with Crippen molar-refractivity contribution >= 4 is 11.8 Å². The number of carbonyl (C=O) groups excluding carboxylic acids is 2. The van der Waals surface area contributed by atoms with E-state index in [0.29, 0.717) is 28.5 Å². The summed E-state index contributed by atoms with van der Waals surface area (Å²) in [5.74, 6) is 1.66. The van der Waals surface area contributed by atoms with E-state index in [1.54, 1.807) is 24.5 Å². The molecule has 2 amide bonds. The van der Waals surface area contributed by atoms with E-state index < -0.39 is 24.1 Å². The summed E-state index contributed by atoms with van der Waals surface area (Å²) in [4.78, 5) is 39.9. The molecule has 2 heterocycles. The zero-order valence-electron chi connectivity index (χ0n) is 29.6. The summed E-state index contributed by atoms with van der Waals surface area (Å²) in [6, 6.07) is 30.6. The third kappa shape index (κ3) is 9.76. The first kappa shape index (κ1) is 36.5. The maximum Gasteiger partial charge on any atom is 0.261 e. The molecule has 6 rings (SSSR count). The van der Waals surface area contributed by atoms with Crippen molar-refractivity contribution in [2.75, 3.05) is 6.54 Å². The molecule has 0 fully saturated rings. The minimum atomic E-state index is -1.55. The first-order valence-corrected chi connectivity index (χ1v) is 17.2. The molecule has 0 saturated heterocycles. The van der Waals surface area contributed by atoms with Crippen LogP contribution in [0.4, 0.5) is 0 Å².